The number of aliphatic hydroxyl groups excluding tert-OH is 3. The highest BCUT2D eigenvalue weighted by Crippen LogP contribution is 2.67. The Morgan fingerprint density at radius 2 is 1.20 bits per heavy atom. The molecule has 0 aliphatic heterocycles. The normalized spacial score (nSPS) is 47.2. The van der Waals surface area contributed by atoms with Gasteiger partial charge in [0.15, 0.2) is 0 Å². The van der Waals surface area contributed by atoms with Crippen LogP contribution in [-0.4, -0.2) is 68.7 Å². The van der Waals surface area contributed by atoms with E-state index in [0.29, 0.717) is 35.8 Å². The van der Waals surface area contributed by atoms with Gasteiger partial charge in [-0.25, -0.2) is 0 Å². The zero-order valence-corrected chi connectivity index (χ0v) is 40.0. The zero-order valence-electron chi connectivity index (χ0n) is 40.0. The monoisotopic (exact) mass is 843 g/mol. The maximum atomic E-state index is 12.3. The molecule has 12 unspecified atom stereocenters. The standard InChI is InChI=1S/C43H69NO2.C13H25NO/c1-6-29(26(2)3)10-7-8-11-30-16-23-37-39(30)28(5)40-35-13-9-12-34-38(25-24-36(41(34)35)42(40)43(37)46)44(31-17-14-27(4)15-18-31)32-19-21-33(45)22-20-32;1-10-2-4-11(5-3-10)14-12-6-8-13(15)9-7-12/h10,16,23,27-28,30-43,45-46H,2,6-9,11-15,17-22,24-25H2,1,3-5H3;10-15H,2-9H2,1H3/b29-10+;. The fourth-order valence-corrected chi connectivity index (χ4v) is 16.9. The van der Waals surface area contributed by atoms with Gasteiger partial charge >= 0.3 is 0 Å². The Balaban J connectivity index is 0.000000288. The van der Waals surface area contributed by atoms with Gasteiger partial charge in [0.05, 0.1) is 18.3 Å². The number of nitrogens with one attached hydrogen (secondary N) is 1. The summed E-state index contributed by atoms with van der Waals surface area (Å²) in [6, 6.07) is 3.63. The van der Waals surface area contributed by atoms with Crippen molar-refractivity contribution in [3.63, 3.8) is 0 Å². The fraction of sp³-hybridized carbons (Fsp3) is 0.893. The third-order valence-electron chi connectivity index (χ3n) is 19.9. The van der Waals surface area contributed by atoms with Crippen LogP contribution in [0.4, 0.5) is 0 Å². The number of aliphatic hydroxyl groups is 3. The quantitative estimate of drug-likeness (QED) is 0.0947. The first kappa shape index (κ1) is 46.5. The Hall–Kier alpha value is -0.980. The highest BCUT2D eigenvalue weighted by Gasteiger charge is 2.65. The van der Waals surface area contributed by atoms with E-state index in [4.69, 9.17) is 0 Å². The summed E-state index contributed by atoms with van der Waals surface area (Å²) >= 11 is 0. The summed E-state index contributed by atoms with van der Waals surface area (Å²) in [7, 11) is 0. The average Bonchev–Trinajstić information content (AvgIpc) is 3.85. The molecule has 9 aliphatic rings. The van der Waals surface area contributed by atoms with Crippen molar-refractivity contribution in [3.8, 4) is 0 Å². The highest BCUT2D eigenvalue weighted by molar-refractivity contribution is 5.25. The SMILES string of the molecule is C=C(C)/C(=C/CCCC1C=CC2C(O)C3C4CCC(N(C5CCC(C)CC5)C5CCC(O)CC5)C5CCCC(C45)C3C(C)C12)CC.CC1CCC(NC2CCC(O)CC2)CC1. The van der Waals surface area contributed by atoms with Gasteiger partial charge in [0.25, 0.3) is 0 Å². The first-order valence-electron chi connectivity index (χ1n) is 27.1. The minimum Gasteiger partial charge on any atom is -0.393 e. The third-order valence-corrected chi connectivity index (χ3v) is 19.9. The number of unbranched alkanes of at least 4 members (excludes halogenated alkanes) is 1. The van der Waals surface area contributed by atoms with Crippen LogP contribution in [0.5, 0.6) is 0 Å². The first-order chi connectivity index (χ1) is 29.5. The van der Waals surface area contributed by atoms with E-state index < -0.39 is 0 Å². The molecule has 9 aliphatic carbocycles. The van der Waals surface area contributed by atoms with Crippen molar-refractivity contribution in [2.24, 2.45) is 71.0 Å². The van der Waals surface area contributed by atoms with E-state index in [1.807, 2.05) is 0 Å². The van der Waals surface area contributed by atoms with Crippen LogP contribution >= 0.6 is 0 Å². The summed E-state index contributed by atoms with van der Waals surface area (Å²) in [5.74, 6) is 8.68. The van der Waals surface area contributed by atoms with Crippen LogP contribution in [0.1, 0.15) is 195 Å². The summed E-state index contributed by atoms with van der Waals surface area (Å²) < 4.78 is 0. The van der Waals surface area contributed by atoms with Gasteiger partial charge in [-0.05, 0) is 232 Å². The molecule has 0 radical (unpaired) electrons. The van der Waals surface area contributed by atoms with E-state index in [9.17, 15) is 15.3 Å². The lowest BCUT2D eigenvalue weighted by Gasteiger charge is -2.55. The van der Waals surface area contributed by atoms with Crippen molar-refractivity contribution in [2.45, 2.75) is 244 Å². The zero-order chi connectivity index (χ0) is 42.8. The van der Waals surface area contributed by atoms with Crippen molar-refractivity contribution < 1.29 is 15.3 Å². The fourth-order valence-electron chi connectivity index (χ4n) is 16.9. The van der Waals surface area contributed by atoms with Crippen LogP contribution < -0.4 is 5.32 Å². The topological polar surface area (TPSA) is 76.0 Å². The number of allylic oxidation sites excluding steroid dienone is 4. The second-order valence-electron chi connectivity index (χ2n) is 23.6. The van der Waals surface area contributed by atoms with E-state index in [1.54, 1.807) is 0 Å². The maximum absolute atomic E-state index is 12.3. The van der Waals surface area contributed by atoms with Crippen LogP contribution in [0.3, 0.4) is 0 Å². The molecule has 61 heavy (non-hydrogen) atoms. The van der Waals surface area contributed by atoms with Crippen LogP contribution in [0.2, 0.25) is 0 Å². The molecule has 0 bridgehead atoms. The van der Waals surface area contributed by atoms with Gasteiger partial charge in [-0.1, -0.05) is 64.5 Å². The van der Waals surface area contributed by atoms with Gasteiger partial charge in [-0.15, -0.1) is 0 Å². The lowest BCUT2D eigenvalue weighted by molar-refractivity contribution is -0.0819. The molecule has 8 saturated carbocycles. The Labute approximate surface area is 374 Å². The van der Waals surface area contributed by atoms with Gasteiger partial charge in [0.1, 0.15) is 0 Å². The van der Waals surface area contributed by atoms with Crippen molar-refractivity contribution in [1.82, 2.24) is 10.2 Å². The molecule has 5 heteroatoms. The Bertz CT molecular complexity index is 1400. The van der Waals surface area contributed by atoms with Crippen LogP contribution in [0, 0.1) is 71.0 Å². The largest absolute Gasteiger partial charge is 0.393 e. The maximum Gasteiger partial charge on any atom is 0.0639 e. The van der Waals surface area contributed by atoms with Crippen LogP contribution in [-0.2, 0) is 0 Å². The minimum atomic E-state index is -0.133. The molecule has 4 N–H and O–H groups in total. The summed E-state index contributed by atoms with van der Waals surface area (Å²) in [6.07, 6.45) is 38.8. The molecule has 346 valence electrons. The molecule has 8 fully saturated rings. The molecular weight excluding hydrogens is 749 g/mol. The summed E-state index contributed by atoms with van der Waals surface area (Å²) in [5.41, 5.74) is 2.66. The highest BCUT2D eigenvalue weighted by atomic mass is 16.3. The molecule has 9 rings (SSSR count). The summed E-state index contributed by atoms with van der Waals surface area (Å²) in [6.45, 7) is 16.1. The summed E-state index contributed by atoms with van der Waals surface area (Å²) in [5, 5.41) is 36.0. The Morgan fingerprint density at radius 3 is 1.82 bits per heavy atom. The molecule has 0 aromatic rings. The van der Waals surface area contributed by atoms with E-state index >= 15 is 0 Å². The molecule has 0 heterocycles. The summed E-state index contributed by atoms with van der Waals surface area (Å²) in [4.78, 5) is 3.16. The molecule has 0 saturated heterocycles. The van der Waals surface area contributed by atoms with E-state index in [2.05, 4.69) is 69.6 Å². The molecule has 0 amide bonds. The van der Waals surface area contributed by atoms with Crippen molar-refractivity contribution in [1.29, 1.82) is 0 Å². The van der Waals surface area contributed by atoms with Gasteiger partial charge in [-0.3, -0.25) is 4.90 Å². The number of fused-ring (bicyclic) bond motifs is 4. The number of nitrogens with zero attached hydrogens (tertiary/aromatic N) is 1. The third kappa shape index (κ3) is 10.4. The average molecular weight is 843 g/mol. The smallest absolute Gasteiger partial charge is 0.0639 e. The lowest BCUT2D eigenvalue weighted by Crippen LogP contribution is -2.58. The molecule has 12 atom stereocenters. The van der Waals surface area contributed by atoms with Crippen LogP contribution in [0.15, 0.2) is 36.0 Å². The van der Waals surface area contributed by atoms with Gasteiger partial charge < -0.3 is 20.6 Å². The molecular formula is C56H94N2O3. The van der Waals surface area contributed by atoms with Crippen LogP contribution in [0.25, 0.3) is 0 Å². The Morgan fingerprint density at radius 1 is 0.639 bits per heavy atom. The second kappa shape index (κ2) is 21.1. The van der Waals surface area contributed by atoms with Gasteiger partial charge in [-0.2, -0.15) is 0 Å². The van der Waals surface area contributed by atoms with Gasteiger partial charge in [0.2, 0.25) is 0 Å². The van der Waals surface area contributed by atoms with E-state index in [-0.39, 0.29) is 18.3 Å². The van der Waals surface area contributed by atoms with Crippen molar-refractivity contribution >= 4 is 0 Å². The molecule has 0 spiro atoms. The predicted octanol–water partition coefficient (Wildman–Crippen LogP) is 12.2. The minimum absolute atomic E-state index is 0.0190. The molecule has 5 nitrogen and oxygen atoms in total. The number of rotatable bonds is 11. The van der Waals surface area contributed by atoms with Gasteiger partial charge in [0, 0.05) is 36.1 Å². The molecule has 0 aromatic carbocycles. The second-order valence-corrected chi connectivity index (χ2v) is 23.6. The predicted molar refractivity (Wildman–Crippen MR) is 254 cm³/mol. The van der Waals surface area contributed by atoms with E-state index in [0.717, 1.165) is 104 Å². The number of hydrogen-bond acceptors (Lipinski definition) is 5. The van der Waals surface area contributed by atoms with Crippen molar-refractivity contribution in [3.05, 3.63) is 36.0 Å². The first-order valence-corrected chi connectivity index (χ1v) is 27.1. The van der Waals surface area contributed by atoms with E-state index in [1.165, 1.54) is 133 Å². The van der Waals surface area contributed by atoms with Crippen molar-refractivity contribution in [2.75, 3.05) is 0 Å². The number of hydrogen-bond donors (Lipinski definition) is 4. The lowest BCUT2D eigenvalue weighted by atomic mass is 9.57. The molecule has 0 aromatic heterocycles. The Kier molecular flexibility index (Phi) is 16.1.